The number of carbonyl (C=O) groups is 6. The quantitative estimate of drug-likeness (QED) is 0.139. The predicted octanol–water partition coefficient (Wildman–Crippen LogP) is -2.42. The third-order valence-corrected chi connectivity index (χ3v) is 4.33. The molecular weight excluding hydrogens is 424 g/mol. The summed E-state index contributed by atoms with van der Waals surface area (Å²) in [6.07, 6.45) is 0.595. The Hall–Kier alpha value is -2.87. The molecule has 0 aromatic rings. The maximum atomic E-state index is 12.3. The van der Waals surface area contributed by atoms with Crippen LogP contribution < -0.4 is 21.7 Å². The molecule has 0 rings (SSSR count). The number of carbonyl (C=O) groups excluding carboxylic acids is 3. The molecule has 0 aliphatic carbocycles. The highest BCUT2D eigenvalue weighted by atomic mass is 32.2. The Morgan fingerprint density at radius 1 is 0.900 bits per heavy atom. The fourth-order valence-electron chi connectivity index (χ4n) is 2.10. The fourth-order valence-corrected chi connectivity index (χ4v) is 2.59. The molecule has 0 aliphatic rings. The van der Waals surface area contributed by atoms with Gasteiger partial charge in [-0.2, -0.15) is 11.8 Å². The van der Waals surface area contributed by atoms with Gasteiger partial charge < -0.3 is 37.0 Å². The SMILES string of the molecule is CSCCC(N)C(=O)NC(CCC(=O)O)C(=O)NCC(=O)NC(CC(=O)O)C(=O)O. The molecule has 0 bridgehead atoms. The Kier molecular flexibility index (Phi) is 12.8. The lowest BCUT2D eigenvalue weighted by molar-refractivity contribution is -0.147. The highest BCUT2D eigenvalue weighted by Crippen LogP contribution is 2.02. The largest absolute Gasteiger partial charge is 0.481 e. The monoisotopic (exact) mass is 450 g/mol. The second-order valence-corrected chi connectivity index (χ2v) is 7.14. The first-order chi connectivity index (χ1) is 14.0. The normalized spacial score (nSPS) is 13.4. The third-order valence-electron chi connectivity index (χ3n) is 3.68. The second kappa shape index (κ2) is 14.2. The van der Waals surface area contributed by atoms with Gasteiger partial charge >= 0.3 is 17.9 Å². The first-order valence-electron chi connectivity index (χ1n) is 8.76. The summed E-state index contributed by atoms with van der Waals surface area (Å²) >= 11 is 1.47. The molecule has 0 heterocycles. The van der Waals surface area contributed by atoms with Crippen molar-refractivity contribution in [2.75, 3.05) is 18.6 Å². The lowest BCUT2D eigenvalue weighted by Gasteiger charge is -2.20. The highest BCUT2D eigenvalue weighted by molar-refractivity contribution is 7.98. The molecule has 8 N–H and O–H groups in total. The molecule has 0 aromatic carbocycles. The van der Waals surface area contributed by atoms with Crippen LogP contribution in [0.15, 0.2) is 0 Å². The maximum Gasteiger partial charge on any atom is 0.326 e. The van der Waals surface area contributed by atoms with E-state index in [1.54, 1.807) is 0 Å². The Bertz CT molecular complexity index is 659. The lowest BCUT2D eigenvalue weighted by Crippen LogP contribution is -2.53. The van der Waals surface area contributed by atoms with Crippen molar-refractivity contribution in [3.63, 3.8) is 0 Å². The lowest BCUT2D eigenvalue weighted by atomic mass is 10.1. The number of carboxylic acids is 3. The van der Waals surface area contributed by atoms with Crippen LogP contribution in [0.2, 0.25) is 0 Å². The molecule has 3 amide bonds. The van der Waals surface area contributed by atoms with Crippen LogP contribution in [0.3, 0.4) is 0 Å². The minimum Gasteiger partial charge on any atom is -0.481 e. The Balaban J connectivity index is 4.88. The second-order valence-electron chi connectivity index (χ2n) is 6.16. The fraction of sp³-hybridized carbons (Fsp3) is 0.625. The summed E-state index contributed by atoms with van der Waals surface area (Å²) in [5.74, 6) is -6.12. The molecule has 14 heteroatoms. The van der Waals surface area contributed by atoms with Crippen LogP contribution in [0, 0.1) is 0 Å². The van der Waals surface area contributed by atoms with E-state index in [0.29, 0.717) is 12.2 Å². The van der Waals surface area contributed by atoms with Crippen LogP contribution in [0.4, 0.5) is 0 Å². The van der Waals surface area contributed by atoms with Crippen LogP contribution in [-0.2, 0) is 28.8 Å². The number of rotatable bonds is 15. The van der Waals surface area contributed by atoms with Gasteiger partial charge in [0.05, 0.1) is 19.0 Å². The third kappa shape index (κ3) is 11.9. The van der Waals surface area contributed by atoms with Crippen molar-refractivity contribution in [1.82, 2.24) is 16.0 Å². The van der Waals surface area contributed by atoms with Gasteiger partial charge in [0, 0.05) is 6.42 Å². The molecule has 30 heavy (non-hydrogen) atoms. The molecule has 170 valence electrons. The topological polar surface area (TPSA) is 225 Å². The minimum absolute atomic E-state index is 0.263. The summed E-state index contributed by atoms with van der Waals surface area (Å²) in [6, 6.07) is -3.88. The number of hydrogen-bond donors (Lipinski definition) is 7. The highest BCUT2D eigenvalue weighted by Gasteiger charge is 2.26. The predicted molar refractivity (Wildman–Crippen MR) is 105 cm³/mol. The van der Waals surface area contributed by atoms with Crippen molar-refractivity contribution < 1.29 is 44.1 Å². The van der Waals surface area contributed by atoms with Gasteiger partial charge in [-0.25, -0.2) is 4.79 Å². The molecule has 0 saturated carbocycles. The van der Waals surface area contributed by atoms with Gasteiger partial charge in [0.2, 0.25) is 17.7 Å². The van der Waals surface area contributed by atoms with Gasteiger partial charge in [-0.3, -0.25) is 24.0 Å². The van der Waals surface area contributed by atoms with E-state index in [9.17, 15) is 28.8 Å². The zero-order valence-corrected chi connectivity index (χ0v) is 17.1. The van der Waals surface area contributed by atoms with Crippen molar-refractivity contribution in [3.8, 4) is 0 Å². The number of nitrogens with two attached hydrogens (primary N) is 1. The van der Waals surface area contributed by atoms with Crippen molar-refractivity contribution >= 4 is 47.4 Å². The van der Waals surface area contributed by atoms with E-state index in [2.05, 4.69) is 10.6 Å². The average Bonchev–Trinajstić information content (AvgIpc) is 2.65. The van der Waals surface area contributed by atoms with Crippen molar-refractivity contribution in [3.05, 3.63) is 0 Å². The summed E-state index contributed by atoms with van der Waals surface area (Å²) in [7, 11) is 0. The van der Waals surface area contributed by atoms with Gasteiger partial charge in [0.1, 0.15) is 12.1 Å². The van der Waals surface area contributed by atoms with E-state index < -0.39 is 73.1 Å². The van der Waals surface area contributed by atoms with Crippen molar-refractivity contribution in [2.45, 2.75) is 43.8 Å². The molecule has 0 aliphatic heterocycles. The van der Waals surface area contributed by atoms with E-state index in [0.717, 1.165) is 0 Å². The first kappa shape index (κ1) is 27.1. The van der Waals surface area contributed by atoms with Crippen LogP contribution in [-0.4, -0.2) is 87.6 Å². The standard InChI is InChI=1S/C16H26N4O9S/c1-30-5-4-8(17)14(26)20-9(2-3-12(22)23)15(27)18-7-11(21)19-10(16(28)29)6-13(24)25/h8-10H,2-7,17H2,1H3,(H,18,27)(H,19,21)(H,20,26)(H,22,23)(H,24,25)(H,28,29). The summed E-state index contributed by atoms with van der Waals surface area (Å²) in [5, 5.41) is 32.8. The molecular formula is C16H26N4O9S. The van der Waals surface area contributed by atoms with Gasteiger partial charge in [0.25, 0.3) is 0 Å². The average molecular weight is 450 g/mol. The summed E-state index contributed by atoms with van der Waals surface area (Å²) in [5.41, 5.74) is 5.71. The molecule has 0 spiro atoms. The van der Waals surface area contributed by atoms with Gasteiger partial charge in [-0.05, 0) is 24.9 Å². The van der Waals surface area contributed by atoms with E-state index in [1.165, 1.54) is 11.8 Å². The molecule has 3 unspecified atom stereocenters. The number of thioether (sulfide) groups is 1. The van der Waals surface area contributed by atoms with Gasteiger partial charge in [0.15, 0.2) is 0 Å². The molecule has 0 fully saturated rings. The molecule has 0 radical (unpaired) electrons. The first-order valence-corrected chi connectivity index (χ1v) is 10.2. The summed E-state index contributed by atoms with van der Waals surface area (Å²) in [4.78, 5) is 68.5. The Morgan fingerprint density at radius 3 is 2.03 bits per heavy atom. The summed E-state index contributed by atoms with van der Waals surface area (Å²) in [6.45, 7) is -0.708. The molecule has 3 atom stereocenters. The maximum absolute atomic E-state index is 12.3. The Labute approximate surface area is 176 Å². The van der Waals surface area contributed by atoms with Crippen LogP contribution in [0.1, 0.15) is 25.7 Å². The van der Waals surface area contributed by atoms with Crippen LogP contribution in [0.25, 0.3) is 0 Å². The number of hydrogen-bond acceptors (Lipinski definition) is 8. The van der Waals surface area contributed by atoms with E-state index in [-0.39, 0.29) is 6.42 Å². The Morgan fingerprint density at radius 2 is 1.53 bits per heavy atom. The van der Waals surface area contributed by atoms with Crippen molar-refractivity contribution in [1.29, 1.82) is 0 Å². The van der Waals surface area contributed by atoms with Crippen molar-refractivity contribution in [2.24, 2.45) is 5.73 Å². The zero-order valence-electron chi connectivity index (χ0n) is 16.3. The number of aliphatic carboxylic acids is 3. The zero-order chi connectivity index (χ0) is 23.3. The molecule has 0 aromatic heterocycles. The molecule has 13 nitrogen and oxygen atoms in total. The van der Waals surface area contributed by atoms with E-state index >= 15 is 0 Å². The van der Waals surface area contributed by atoms with Crippen LogP contribution in [0.5, 0.6) is 0 Å². The number of amides is 3. The van der Waals surface area contributed by atoms with Gasteiger partial charge in [-0.15, -0.1) is 0 Å². The van der Waals surface area contributed by atoms with E-state index in [1.807, 2.05) is 11.6 Å². The van der Waals surface area contributed by atoms with E-state index in [4.69, 9.17) is 21.1 Å². The number of carboxylic acid groups (broad SMARTS) is 3. The van der Waals surface area contributed by atoms with Crippen LogP contribution >= 0.6 is 11.8 Å². The summed E-state index contributed by atoms with van der Waals surface area (Å²) < 4.78 is 0. The smallest absolute Gasteiger partial charge is 0.326 e. The van der Waals surface area contributed by atoms with Gasteiger partial charge in [-0.1, -0.05) is 0 Å². The molecule has 0 saturated heterocycles. The minimum atomic E-state index is -1.69. The number of nitrogens with one attached hydrogen (secondary N) is 3.